The number of hydrogen-bond donors (Lipinski definition) is 0. The van der Waals surface area contributed by atoms with E-state index in [0.29, 0.717) is 12.0 Å². The highest BCUT2D eigenvalue weighted by molar-refractivity contribution is 5.82. The Morgan fingerprint density at radius 1 is 0.941 bits per heavy atom. The number of morpholine rings is 1. The van der Waals surface area contributed by atoms with Gasteiger partial charge in [-0.2, -0.15) is 5.10 Å². The van der Waals surface area contributed by atoms with Crippen LogP contribution in [0.15, 0.2) is 24.4 Å². The van der Waals surface area contributed by atoms with Gasteiger partial charge >= 0.3 is 0 Å². The minimum absolute atomic E-state index is 0.588. The maximum absolute atomic E-state index is 5.54. The molecule has 0 atom stereocenters. The van der Waals surface area contributed by atoms with Gasteiger partial charge in [-0.3, -0.25) is 4.90 Å². The maximum Gasteiger partial charge on any atom is 0.159 e. The molecule has 0 bridgehead atoms. The molecule has 0 saturated carbocycles. The lowest BCUT2D eigenvalue weighted by Crippen LogP contribution is -2.51. The van der Waals surface area contributed by atoms with E-state index in [0.717, 1.165) is 87.4 Å². The summed E-state index contributed by atoms with van der Waals surface area (Å²) in [6.07, 6.45) is 5.16. The van der Waals surface area contributed by atoms with Crippen LogP contribution in [0.4, 0.5) is 5.82 Å². The summed E-state index contributed by atoms with van der Waals surface area (Å²) < 4.78 is 12.9. The topological polar surface area (TPSA) is 68.5 Å². The number of likely N-dealkylation sites (tertiary alicyclic amines) is 1. The van der Waals surface area contributed by atoms with Gasteiger partial charge < -0.3 is 14.4 Å². The monoisotopic (exact) mass is 462 g/mol. The van der Waals surface area contributed by atoms with Crippen molar-refractivity contribution in [3.8, 4) is 5.82 Å². The molecule has 34 heavy (non-hydrogen) atoms. The number of anilines is 1. The first-order chi connectivity index (χ1) is 16.7. The Hall–Kier alpha value is -2.55. The van der Waals surface area contributed by atoms with E-state index in [4.69, 9.17) is 24.5 Å². The molecule has 3 aromatic rings. The van der Waals surface area contributed by atoms with Crippen molar-refractivity contribution < 1.29 is 9.47 Å². The van der Waals surface area contributed by atoms with Crippen molar-refractivity contribution in [2.75, 3.05) is 57.5 Å². The number of aromatic nitrogens is 4. The largest absolute Gasteiger partial charge is 0.378 e. The number of hydrogen-bond acceptors (Lipinski definition) is 7. The second-order valence-electron chi connectivity index (χ2n) is 9.78. The molecule has 2 aromatic heterocycles. The molecule has 3 aliphatic rings. The summed E-state index contributed by atoms with van der Waals surface area (Å²) in [7, 11) is 0. The average molecular weight is 463 g/mol. The minimum Gasteiger partial charge on any atom is -0.378 e. The Bertz CT molecular complexity index is 1160. The Labute approximate surface area is 200 Å². The van der Waals surface area contributed by atoms with E-state index < -0.39 is 0 Å². The molecule has 3 fully saturated rings. The van der Waals surface area contributed by atoms with Gasteiger partial charge in [0.2, 0.25) is 0 Å². The molecule has 0 aliphatic carbocycles. The third kappa shape index (κ3) is 4.08. The second-order valence-corrected chi connectivity index (χ2v) is 9.78. The second kappa shape index (κ2) is 9.24. The summed E-state index contributed by atoms with van der Waals surface area (Å²) in [5, 5.41) is 5.93. The zero-order valence-corrected chi connectivity index (χ0v) is 20.2. The lowest BCUT2D eigenvalue weighted by atomic mass is 9.85. The maximum atomic E-state index is 5.54. The van der Waals surface area contributed by atoms with Crippen molar-refractivity contribution in [3.05, 3.63) is 41.3 Å². The minimum atomic E-state index is 0.588. The molecule has 3 aliphatic heterocycles. The Morgan fingerprint density at radius 2 is 1.71 bits per heavy atom. The molecule has 6 rings (SSSR count). The number of fused-ring (bicyclic) bond motifs is 1. The van der Waals surface area contributed by atoms with Crippen molar-refractivity contribution in [1.29, 1.82) is 0 Å². The molecule has 5 heterocycles. The molecule has 8 heteroatoms. The number of aryl methyl sites for hydroxylation is 2. The Morgan fingerprint density at radius 3 is 2.41 bits per heavy atom. The van der Waals surface area contributed by atoms with Crippen LogP contribution in [0, 0.1) is 6.92 Å². The van der Waals surface area contributed by atoms with Crippen LogP contribution in [0.1, 0.15) is 42.6 Å². The van der Waals surface area contributed by atoms with Gasteiger partial charge in [0.25, 0.3) is 0 Å². The number of ether oxygens (including phenoxy) is 2. The molecule has 0 N–H and O–H groups in total. The van der Waals surface area contributed by atoms with E-state index >= 15 is 0 Å². The summed E-state index contributed by atoms with van der Waals surface area (Å²) >= 11 is 0. The van der Waals surface area contributed by atoms with Crippen LogP contribution >= 0.6 is 0 Å². The fourth-order valence-electron chi connectivity index (χ4n) is 5.53. The highest BCUT2D eigenvalue weighted by Gasteiger charge is 2.30. The van der Waals surface area contributed by atoms with Gasteiger partial charge in [0, 0.05) is 31.0 Å². The highest BCUT2D eigenvalue weighted by Crippen LogP contribution is 2.34. The Balaban J connectivity index is 1.32. The summed E-state index contributed by atoms with van der Waals surface area (Å²) in [4.78, 5) is 14.6. The van der Waals surface area contributed by atoms with E-state index in [2.05, 4.69) is 41.8 Å². The van der Waals surface area contributed by atoms with Crippen molar-refractivity contribution in [1.82, 2.24) is 24.6 Å². The van der Waals surface area contributed by atoms with Crippen molar-refractivity contribution >= 4 is 16.7 Å². The number of benzene rings is 1. The Kier molecular flexibility index (Phi) is 5.97. The number of rotatable bonds is 5. The van der Waals surface area contributed by atoms with E-state index in [1.165, 1.54) is 24.0 Å². The number of piperidine rings is 1. The van der Waals surface area contributed by atoms with E-state index in [1.54, 1.807) is 0 Å². The van der Waals surface area contributed by atoms with Gasteiger partial charge in [0.15, 0.2) is 5.82 Å². The predicted molar refractivity (Wildman–Crippen MR) is 132 cm³/mol. The van der Waals surface area contributed by atoms with E-state index in [9.17, 15) is 0 Å². The van der Waals surface area contributed by atoms with Gasteiger partial charge in [-0.25, -0.2) is 14.6 Å². The van der Waals surface area contributed by atoms with Gasteiger partial charge in [-0.15, -0.1) is 0 Å². The SMILES string of the molecule is CCc1nc(N2CCOCC2)cc(-n2ncc3cc(C)c(C4CCN(C5COC5)CC4)cc32)n1. The molecule has 3 saturated heterocycles. The van der Waals surface area contributed by atoms with Crippen molar-refractivity contribution in [2.24, 2.45) is 0 Å². The summed E-state index contributed by atoms with van der Waals surface area (Å²) in [6, 6.07) is 7.38. The molecule has 0 unspecified atom stereocenters. The van der Waals surface area contributed by atoms with Gasteiger partial charge in [0.1, 0.15) is 11.6 Å². The van der Waals surface area contributed by atoms with Crippen LogP contribution in [0.3, 0.4) is 0 Å². The van der Waals surface area contributed by atoms with E-state index in [1.807, 2.05) is 10.9 Å². The fraction of sp³-hybridized carbons (Fsp3) is 0.577. The summed E-state index contributed by atoms with van der Waals surface area (Å²) in [5.41, 5.74) is 3.95. The normalized spacial score (nSPS) is 20.7. The van der Waals surface area contributed by atoms with Gasteiger partial charge in [0.05, 0.1) is 44.2 Å². The molecule has 1 aromatic carbocycles. The first-order valence-electron chi connectivity index (χ1n) is 12.7. The lowest BCUT2D eigenvalue weighted by Gasteiger charge is -2.41. The zero-order chi connectivity index (χ0) is 23.1. The van der Waals surface area contributed by atoms with Gasteiger partial charge in [-0.05, 0) is 62.0 Å². The average Bonchev–Trinajstić information content (AvgIpc) is 3.26. The van der Waals surface area contributed by atoms with E-state index in [-0.39, 0.29) is 0 Å². The lowest BCUT2D eigenvalue weighted by molar-refractivity contribution is -0.0712. The predicted octanol–water partition coefficient (Wildman–Crippen LogP) is 3.10. The molecule has 0 spiro atoms. The molecular weight excluding hydrogens is 428 g/mol. The molecule has 8 nitrogen and oxygen atoms in total. The van der Waals surface area contributed by atoms with Crippen LogP contribution in [0.5, 0.6) is 0 Å². The third-order valence-electron chi connectivity index (χ3n) is 7.68. The molecule has 0 radical (unpaired) electrons. The van der Waals surface area contributed by atoms with Crippen LogP contribution < -0.4 is 4.90 Å². The summed E-state index contributed by atoms with van der Waals surface area (Å²) in [6.45, 7) is 11.7. The smallest absolute Gasteiger partial charge is 0.159 e. The molecule has 180 valence electrons. The number of nitrogens with zero attached hydrogens (tertiary/aromatic N) is 6. The first-order valence-corrected chi connectivity index (χ1v) is 12.7. The first kappa shape index (κ1) is 21.9. The van der Waals surface area contributed by atoms with Crippen molar-refractivity contribution in [3.63, 3.8) is 0 Å². The van der Waals surface area contributed by atoms with Crippen molar-refractivity contribution in [2.45, 2.75) is 45.1 Å². The summed E-state index contributed by atoms with van der Waals surface area (Å²) in [5.74, 6) is 3.25. The molecular formula is C26H34N6O2. The highest BCUT2D eigenvalue weighted by atomic mass is 16.5. The van der Waals surface area contributed by atoms with Crippen LogP contribution in [-0.4, -0.2) is 83.3 Å². The standard InChI is InChI=1S/C26H34N6O2/c1-3-24-28-25(31-8-10-33-11-9-31)14-26(29-24)32-23-13-22(18(2)12-20(23)15-27-32)19-4-6-30(7-5-19)21-16-34-17-21/h12-15,19,21H,3-11,16-17H2,1-2H3. The van der Waals surface area contributed by atoms with Gasteiger partial charge in [-0.1, -0.05) is 6.92 Å². The van der Waals surface area contributed by atoms with Crippen LogP contribution in [-0.2, 0) is 15.9 Å². The molecule has 0 amide bonds. The van der Waals surface area contributed by atoms with Crippen LogP contribution in [0.2, 0.25) is 0 Å². The quantitative estimate of drug-likeness (QED) is 0.577. The van der Waals surface area contributed by atoms with Crippen LogP contribution in [0.25, 0.3) is 16.7 Å². The third-order valence-corrected chi connectivity index (χ3v) is 7.68. The fourth-order valence-corrected chi connectivity index (χ4v) is 5.53. The zero-order valence-electron chi connectivity index (χ0n) is 20.2.